The number of rotatable bonds is 4. The molecule has 2 aromatic rings. The van der Waals surface area contributed by atoms with Gasteiger partial charge >= 0.3 is 6.03 Å². The van der Waals surface area contributed by atoms with E-state index in [1.165, 1.54) is 22.0 Å². The van der Waals surface area contributed by atoms with Gasteiger partial charge < -0.3 is 20.3 Å². The fraction of sp³-hybridized carbons (Fsp3) is 0.231. The lowest BCUT2D eigenvalue weighted by atomic mass is 10.3. The van der Waals surface area contributed by atoms with Crippen molar-refractivity contribution in [3.63, 3.8) is 0 Å². The molecule has 0 spiro atoms. The zero-order valence-corrected chi connectivity index (χ0v) is 11.7. The van der Waals surface area contributed by atoms with E-state index in [1.54, 1.807) is 25.4 Å². The Kier molecular flexibility index (Phi) is 4.54. The van der Waals surface area contributed by atoms with Crippen LogP contribution in [0.2, 0.25) is 0 Å². The number of thiophene rings is 1. The molecule has 0 bridgehead atoms. The van der Waals surface area contributed by atoms with E-state index >= 15 is 0 Å². The van der Waals surface area contributed by atoms with E-state index in [0.717, 1.165) is 4.88 Å². The van der Waals surface area contributed by atoms with Crippen molar-refractivity contribution in [2.45, 2.75) is 6.10 Å². The minimum absolute atomic E-state index is 0.0828. The predicted molar refractivity (Wildman–Crippen MR) is 78.0 cm³/mol. The molecule has 0 saturated heterocycles. The summed E-state index contributed by atoms with van der Waals surface area (Å²) in [5, 5.41) is 16.7. The molecule has 0 saturated carbocycles. The van der Waals surface area contributed by atoms with Gasteiger partial charge in [-0.2, -0.15) is 0 Å². The maximum absolute atomic E-state index is 11.7. The Morgan fingerprint density at radius 3 is 2.95 bits per heavy atom. The van der Waals surface area contributed by atoms with Crippen molar-refractivity contribution in [1.82, 2.24) is 9.88 Å². The Morgan fingerprint density at radius 2 is 2.25 bits per heavy atom. The predicted octanol–water partition coefficient (Wildman–Crippen LogP) is 1.30. The fourth-order valence-corrected chi connectivity index (χ4v) is 2.34. The minimum Gasteiger partial charge on any atom is -0.386 e. The molecule has 106 valence electrons. The largest absolute Gasteiger partial charge is 0.386 e. The number of carbonyl (C=O) groups excluding carboxylic acids is 1. The van der Waals surface area contributed by atoms with Gasteiger partial charge in [0.15, 0.2) is 0 Å². The number of carbonyl (C=O) groups is 1. The number of anilines is 1. The number of pyridine rings is 1. The Morgan fingerprint density at radius 1 is 1.45 bits per heavy atom. The Balaban J connectivity index is 1.90. The number of hydrogen-bond acceptors (Lipinski definition) is 4. The first kappa shape index (κ1) is 14.3. The molecule has 3 N–H and O–H groups in total. The van der Waals surface area contributed by atoms with Crippen LogP contribution in [0.1, 0.15) is 11.0 Å². The molecule has 0 aliphatic carbocycles. The van der Waals surface area contributed by atoms with Gasteiger partial charge in [-0.25, -0.2) is 4.79 Å². The third-order valence-corrected chi connectivity index (χ3v) is 3.67. The average Bonchev–Trinajstić information content (AvgIpc) is 2.95. The van der Waals surface area contributed by atoms with Crippen molar-refractivity contribution in [2.75, 3.05) is 11.9 Å². The molecule has 20 heavy (non-hydrogen) atoms. The van der Waals surface area contributed by atoms with Crippen LogP contribution in [0.5, 0.6) is 0 Å². The first-order valence-electron chi connectivity index (χ1n) is 6.00. The summed E-state index contributed by atoms with van der Waals surface area (Å²) in [6.45, 7) is 0.0828. The lowest BCUT2D eigenvalue weighted by Gasteiger charge is -2.11. The average molecular weight is 293 g/mol. The summed E-state index contributed by atoms with van der Waals surface area (Å²) in [5.74, 6) is 0. The first-order valence-corrected chi connectivity index (χ1v) is 6.88. The standard InChI is InChI=1S/C13H15N3O3S/c1-16-6-2-4-9(12(16)18)15-13(19)14-8-10(17)11-5-3-7-20-11/h2-7,10,17H,8H2,1H3,(H2,14,15,19). The molecule has 0 aliphatic heterocycles. The van der Waals surface area contributed by atoms with Gasteiger partial charge in [-0.15, -0.1) is 11.3 Å². The molecule has 7 heteroatoms. The SMILES string of the molecule is Cn1cccc(NC(=O)NCC(O)c2cccs2)c1=O. The zero-order valence-electron chi connectivity index (χ0n) is 10.9. The second kappa shape index (κ2) is 6.36. The lowest BCUT2D eigenvalue weighted by molar-refractivity contribution is 0.178. The molecule has 0 aliphatic rings. The highest BCUT2D eigenvalue weighted by Gasteiger charge is 2.11. The summed E-state index contributed by atoms with van der Waals surface area (Å²) in [7, 11) is 1.60. The van der Waals surface area contributed by atoms with Gasteiger partial charge in [-0.1, -0.05) is 6.07 Å². The summed E-state index contributed by atoms with van der Waals surface area (Å²) >= 11 is 1.42. The smallest absolute Gasteiger partial charge is 0.319 e. The number of aryl methyl sites for hydroxylation is 1. The molecule has 1 unspecified atom stereocenters. The van der Waals surface area contributed by atoms with Crippen LogP contribution in [-0.2, 0) is 7.05 Å². The van der Waals surface area contributed by atoms with Gasteiger partial charge in [0, 0.05) is 18.1 Å². The maximum Gasteiger partial charge on any atom is 0.319 e. The maximum atomic E-state index is 11.7. The first-order chi connectivity index (χ1) is 9.58. The number of aromatic nitrogens is 1. The summed E-state index contributed by atoms with van der Waals surface area (Å²) in [6, 6.07) is 6.29. The molecule has 0 aromatic carbocycles. The molecule has 2 rings (SSSR count). The van der Waals surface area contributed by atoms with Crippen molar-refractivity contribution >= 4 is 23.1 Å². The third-order valence-electron chi connectivity index (χ3n) is 2.70. The summed E-state index contributed by atoms with van der Waals surface area (Å²) in [5.41, 5.74) is -0.0976. The van der Waals surface area contributed by atoms with Crippen molar-refractivity contribution in [1.29, 1.82) is 0 Å². The van der Waals surface area contributed by atoms with Crippen LogP contribution in [0, 0.1) is 0 Å². The Bertz CT molecular complexity index is 637. The van der Waals surface area contributed by atoms with Crippen LogP contribution in [0.25, 0.3) is 0 Å². The van der Waals surface area contributed by atoms with Gasteiger partial charge in [-0.05, 0) is 23.6 Å². The fourth-order valence-electron chi connectivity index (χ4n) is 1.63. The van der Waals surface area contributed by atoms with Crippen LogP contribution in [0.3, 0.4) is 0 Å². The van der Waals surface area contributed by atoms with E-state index in [0.29, 0.717) is 0 Å². The van der Waals surface area contributed by atoms with Gasteiger partial charge in [0.25, 0.3) is 5.56 Å². The highest BCUT2D eigenvalue weighted by Crippen LogP contribution is 2.17. The molecule has 6 nitrogen and oxygen atoms in total. The van der Waals surface area contributed by atoms with Crippen LogP contribution in [-0.4, -0.2) is 22.2 Å². The van der Waals surface area contributed by atoms with Crippen molar-refractivity contribution < 1.29 is 9.90 Å². The molecule has 2 aromatic heterocycles. The van der Waals surface area contributed by atoms with Gasteiger partial charge in [0.2, 0.25) is 0 Å². The molecular weight excluding hydrogens is 278 g/mol. The molecule has 0 fully saturated rings. The van der Waals surface area contributed by atoms with Crippen LogP contribution in [0.15, 0.2) is 40.6 Å². The summed E-state index contributed by atoms with van der Waals surface area (Å²) < 4.78 is 1.37. The van der Waals surface area contributed by atoms with Crippen molar-refractivity contribution in [2.24, 2.45) is 7.05 Å². The number of nitrogens with zero attached hydrogens (tertiary/aromatic N) is 1. The second-order valence-corrected chi connectivity index (χ2v) is 5.18. The van der Waals surface area contributed by atoms with E-state index in [1.807, 2.05) is 11.4 Å². The normalized spacial score (nSPS) is 11.9. The highest BCUT2D eigenvalue weighted by atomic mass is 32.1. The van der Waals surface area contributed by atoms with E-state index in [-0.39, 0.29) is 17.8 Å². The number of nitrogens with one attached hydrogen (secondary N) is 2. The molecule has 0 radical (unpaired) electrons. The van der Waals surface area contributed by atoms with E-state index in [9.17, 15) is 14.7 Å². The summed E-state index contributed by atoms with van der Waals surface area (Å²) in [4.78, 5) is 24.2. The van der Waals surface area contributed by atoms with E-state index in [4.69, 9.17) is 0 Å². The molecule has 2 heterocycles. The second-order valence-electron chi connectivity index (χ2n) is 4.20. The van der Waals surface area contributed by atoms with Gasteiger partial charge in [-0.3, -0.25) is 4.79 Å². The number of aliphatic hydroxyl groups excluding tert-OH is 1. The molecule has 1 atom stereocenters. The lowest BCUT2D eigenvalue weighted by Crippen LogP contribution is -2.34. The zero-order chi connectivity index (χ0) is 14.5. The third kappa shape index (κ3) is 3.46. The van der Waals surface area contributed by atoms with Gasteiger partial charge in [0.1, 0.15) is 11.8 Å². The topological polar surface area (TPSA) is 83.4 Å². The number of urea groups is 1. The Hall–Kier alpha value is -2.12. The molecular formula is C13H15N3O3S. The minimum atomic E-state index is -0.751. The van der Waals surface area contributed by atoms with E-state index in [2.05, 4.69) is 10.6 Å². The quantitative estimate of drug-likeness (QED) is 0.794. The van der Waals surface area contributed by atoms with Gasteiger partial charge in [0.05, 0.1) is 6.54 Å². The Labute approximate surface area is 119 Å². The van der Waals surface area contributed by atoms with Crippen molar-refractivity contribution in [3.05, 3.63) is 51.1 Å². The van der Waals surface area contributed by atoms with Crippen LogP contribution >= 0.6 is 11.3 Å². The molecule has 2 amide bonds. The number of hydrogen-bond donors (Lipinski definition) is 3. The number of aliphatic hydroxyl groups is 1. The van der Waals surface area contributed by atoms with Crippen molar-refractivity contribution in [3.8, 4) is 0 Å². The van der Waals surface area contributed by atoms with Crippen LogP contribution < -0.4 is 16.2 Å². The highest BCUT2D eigenvalue weighted by molar-refractivity contribution is 7.10. The number of amides is 2. The summed E-state index contributed by atoms with van der Waals surface area (Å²) in [6.07, 6.45) is 0.853. The van der Waals surface area contributed by atoms with Crippen LogP contribution in [0.4, 0.5) is 10.5 Å². The monoisotopic (exact) mass is 293 g/mol. The van der Waals surface area contributed by atoms with E-state index < -0.39 is 12.1 Å².